The molecular weight excluding hydrogens is 112 g/mol. The lowest BCUT2D eigenvalue weighted by Gasteiger charge is -2.24. The molecule has 0 bridgehead atoms. The Labute approximate surface area is 57.5 Å². The first-order valence-corrected chi connectivity index (χ1v) is 3.36. The Bertz CT molecular complexity index is 108. The lowest BCUT2D eigenvalue weighted by atomic mass is 9.80. The van der Waals surface area contributed by atoms with E-state index in [2.05, 4.69) is 20.8 Å². The number of ketones is 1. The van der Waals surface area contributed by atoms with Gasteiger partial charge in [-0.15, -0.1) is 0 Å². The van der Waals surface area contributed by atoms with E-state index in [1.54, 1.807) is 6.92 Å². The van der Waals surface area contributed by atoms with Crippen molar-refractivity contribution in [1.29, 1.82) is 0 Å². The molecule has 54 valence electrons. The van der Waals surface area contributed by atoms with Crippen LogP contribution in [0.4, 0.5) is 0 Å². The quantitative estimate of drug-likeness (QED) is 0.529. The third-order valence-electron chi connectivity index (χ3n) is 1.91. The summed E-state index contributed by atoms with van der Waals surface area (Å²) >= 11 is 0. The van der Waals surface area contributed by atoms with E-state index in [1.165, 1.54) is 0 Å². The molecule has 0 spiro atoms. The highest BCUT2D eigenvalue weighted by Crippen LogP contribution is 2.25. The van der Waals surface area contributed by atoms with Crippen LogP contribution in [0.25, 0.3) is 0 Å². The zero-order valence-electron chi connectivity index (χ0n) is 6.99. The number of rotatable bonds is 1. The summed E-state index contributed by atoms with van der Waals surface area (Å²) in [4.78, 5) is 10.8. The molecule has 0 rings (SSSR count). The normalized spacial score (nSPS) is 15.2. The summed E-state index contributed by atoms with van der Waals surface area (Å²) in [6.45, 7) is 9.87. The van der Waals surface area contributed by atoms with Gasteiger partial charge in [0.1, 0.15) is 5.78 Å². The molecule has 0 saturated carbocycles. The van der Waals surface area contributed by atoms with Crippen LogP contribution in [-0.2, 0) is 4.79 Å². The van der Waals surface area contributed by atoms with Crippen molar-refractivity contribution < 1.29 is 4.79 Å². The van der Waals surface area contributed by atoms with Crippen LogP contribution in [0.2, 0.25) is 0 Å². The predicted octanol–water partition coefficient (Wildman–Crippen LogP) is 2.26. The molecule has 0 aromatic rings. The van der Waals surface area contributed by atoms with Crippen molar-refractivity contribution in [2.75, 3.05) is 0 Å². The second-order valence-corrected chi connectivity index (χ2v) is 3.70. The van der Waals surface area contributed by atoms with Gasteiger partial charge < -0.3 is 0 Å². The van der Waals surface area contributed by atoms with Crippen LogP contribution in [0.5, 0.6) is 0 Å². The van der Waals surface area contributed by atoms with Gasteiger partial charge in [0.2, 0.25) is 0 Å². The minimum absolute atomic E-state index is 0.131. The first kappa shape index (κ1) is 8.67. The van der Waals surface area contributed by atoms with Gasteiger partial charge in [0, 0.05) is 5.92 Å². The third kappa shape index (κ3) is 2.64. The van der Waals surface area contributed by atoms with E-state index in [9.17, 15) is 4.79 Å². The van der Waals surface area contributed by atoms with E-state index in [-0.39, 0.29) is 17.1 Å². The SMILES string of the molecule is CC(=O)[C@@H](C)C(C)(C)C. The van der Waals surface area contributed by atoms with Gasteiger partial charge in [-0.05, 0) is 12.3 Å². The van der Waals surface area contributed by atoms with Crippen LogP contribution in [0.3, 0.4) is 0 Å². The molecule has 0 amide bonds. The summed E-state index contributed by atoms with van der Waals surface area (Å²) in [5, 5.41) is 0. The summed E-state index contributed by atoms with van der Waals surface area (Å²) in [5.74, 6) is 0.458. The molecule has 0 unspecified atom stereocenters. The molecule has 0 radical (unpaired) electrons. The fourth-order valence-electron chi connectivity index (χ4n) is 0.610. The second kappa shape index (κ2) is 2.51. The van der Waals surface area contributed by atoms with Crippen molar-refractivity contribution in [2.24, 2.45) is 11.3 Å². The number of hydrogen-bond acceptors (Lipinski definition) is 1. The summed E-state index contributed by atoms with van der Waals surface area (Å²) in [6.07, 6.45) is 0. The average molecular weight is 128 g/mol. The summed E-state index contributed by atoms with van der Waals surface area (Å²) < 4.78 is 0. The minimum atomic E-state index is 0.131. The Morgan fingerprint density at radius 3 is 1.67 bits per heavy atom. The van der Waals surface area contributed by atoms with Crippen molar-refractivity contribution in [2.45, 2.75) is 34.6 Å². The Morgan fingerprint density at radius 2 is 1.67 bits per heavy atom. The smallest absolute Gasteiger partial charge is 0.133 e. The standard InChI is InChI=1S/C8H16O/c1-6(7(2)9)8(3,4)5/h6H,1-5H3/t6-/m1/s1. The largest absolute Gasteiger partial charge is 0.300 e. The maximum absolute atomic E-state index is 10.8. The van der Waals surface area contributed by atoms with Crippen LogP contribution >= 0.6 is 0 Å². The van der Waals surface area contributed by atoms with E-state index in [0.717, 1.165) is 0 Å². The van der Waals surface area contributed by atoms with Crippen molar-refractivity contribution in [3.8, 4) is 0 Å². The van der Waals surface area contributed by atoms with E-state index in [1.807, 2.05) is 6.92 Å². The van der Waals surface area contributed by atoms with E-state index < -0.39 is 0 Å². The lowest BCUT2D eigenvalue weighted by Crippen LogP contribution is -2.23. The van der Waals surface area contributed by atoms with Gasteiger partial charge in [-0.1, -0.05) is 27.7 Å². The van der Waals surface area contributed by atoms with E-state index in [0.29, 0.717) is 0 Å². The molecule has 0 heterocycles. The van der Waals surface area contributed by atoms with Crippen LogP contribution in [0.15, 0.2) is 0 Å². The number of hydrogen-bond donors (Lipinski definition) is 0. The topological polar surface area (TPSA) is 17.1 Å². The summed E-state index contributed by atoms with van der Waals surface area (Å²) in [7, 11) is 0. The number of Topliss-reactive ketones (excluding diaryl/α,β-unsaturated/α-hetero) is 1. The Balaban J connectivity index is 4.04. The van der Waals surface area contributed by atoms with Gasteiger partial charge in [-0.2, -0.15) is 0 Å². The van der Waals surface area contributed by atoms with E-state index >= 15 is 0 Å². The van der Waals surface area contributed by atoms with Gasteiger partial charge >= 0.3 is 0 Å². The molecule has 1 heteroatoms. The predicted molar refractivity (Wildman–Crippen MR) is 39.3 cm³/mol. The Hall–Kier alpha value is -0.330. The van der Waals surface area contributed by atoms with Crippen molar-refractivity contribution in [1.82, 2.24) is 0 Å². The van der Waals surface area contributed by atoms with Gasteiger partial charge in [0.05, 0.1) is 0 Å². The fourth-order valence-corrected chi connectivity index (χ4v) is 0.610. The van der Waals surface area contributed by atoms with Gasteiger partial charge in [0.15, 0.2) is 0 Å². The van der Waals surface area contributed by atoms with Crippen molar-refractivity contribution >= 4 is 5.78 Å². The Kier molecular flexibility index (Phi) is 2.41. The maximum atomic E-state index is 10.8. The monoisotopic (exact) mass is 128 g/mol. The maximum Gasteiger partial charge on any atom is 0.133 e. The molecule has 1 nitrogen and oxygen atoms in total. The highest BCUT2D eigenvalue weighted by atomic mass is 16.1. The number of carbonyl (C=O) groups is 1. The molecule has 0 aliphatic heterocycles. The molecular formula is C8H16O. The second-order valence-electron chi connectivity index (χ2n) is 3.70. The van der Waals surface area contributed by atoms with Gasteiger partial charge in [-0.25, -0.2) is 0 Å². The highest BCUT2D eigenvalue weighted by Gasteiger charge is 2.23. The highest BCUT2D eigenvalue weighted by molar-refractivity contribution is 5.78. The third-order valence-corrected chi connectivity index (χ3v) is 1.91. The number of carbonyl (C=O) groups excluding carboxylic acids is 1. The van der Waals surface area contributed by atoms with E-state index in [4.69, 9.17) is 0 Å². The average Bonchev–Trinajstić information content (AvgIpc) is 1.62. The molecule has 0 aromatic heterocycles. The lowest BCUT2D eigenvalue weighted by molar-refractivity contribution is -0.123. The molecule has 0 aliphatic rings. The Morgan fingerprint density at radius 1 is 1.33 bits per heavy atom. The van der Waals surface area contributed by atoms with Crippen LogP contribution in [-0.4, -0.2) is 5.78 Å². The molecule has 0 aliphatic carbocycles. The first-order valence-electron chi connectivity index (χ1n) is 3.36. The summed E-state index contributed by atoms with van der Waals surface area (Å²) in [5.41, 5.74) is 0.131. The zero-order chi connectivity index (χ0) is 7.65. The fraction of sp³-hybridized carbons (Fsp3) is 0.875. The molecule has 9 heavy (non-hydrogen) atoms. The van der Waals surface area contributed by atoms with Gasteiger partial charge in [0.25, 0.3) is 0 Å². The van der Waals surface area contributed by atoms with Crippen molar-refractivity contribution in [3.63, 3.8) is 0 Å². The molecule has 1 atom stereocenters. The first-order chi connectivity index (χ1) is 3.85. The zero-order valence-corrected chi connectivity index (χ0v) is 6.99. The van der Waals surface area contributed by atoms with Crippen molar-refractivity contribution in [3.05, 3.63) is 0 Å². The van der Waals surface area contributed by atoms with Crippen LogP contribution < -0.4 is 0 Å². The molecule has 0 N–H and O–H groups in total. The molecule has 0 aromatic carbocycles. The summed E-state index contributed by atoms with van der Waals surface area (Å²) in [6, 6.07) is 0. The molecule has 0 fully saturated rings. The van der Waals surface area contributed by atoms with Crippen LogP contribution in [0, 0.1) is 11.3 Å². The molecule has 0 saturated heterocycles. The minimum Gasteiger partial charge on any atom is -0.300 e. The van der Waals surface area contributed by atoms with Gasteiger partial charge in [-0.3, -0.25) is 4.79 Å². The van der Waals surface area contributed by atoms with Crippen LogP contribution in [0.1, 0.15) is 34.6 Å².